The zero-order valence-corrected chi connectivity index (χ0v) is 27.8. The van der Waals surface area contributed by atoms with Gasteiger partial charge < -0.3 is 28.5 Å². The van der Waals surface area contributed by atoms with Crippen molar-refractivity contribution in [1.82, 2.24) is 0 Å². The van der Waals surface area contributed by atoms with E-state index in [2.05, 4.69) is 69.3 Å². The molecule has 0 radical (unpaired) electrons. The molecule has 0 aromatic heterocycles. The summed E-state index contributed by atoms with van der Waals surface area (Å²) in [6, 6.07) is 40.9. The highest BCUT2D eigenvalue weighted by Gasteiger charge is 2.53. The Bertz CT molecular complexity index is 1380. The molecule has 1 aliphatic rings. The third-order valence-electron chi connectivity index (χ3n) is 8.38. The molecule has 0 bridgehead atoms. The molecule has 1 heterocycles. The average Bonchev–Trinajstić information content (AvgIpc) is 3.41. The van der Waals surface area contributed by atoms with E-state index in [1.807, 2.05) is 79.7 Å². The van der Waals surface area contributed by atoms with Gasteiger partial charge in [-0.05, 0) is 33.5 Å². The van der Waals surface area contributed by atoms with Crippen molar-refractivity contribution in [3.63, 3.8) is 0 Å². The van der Waals surface area contributed by atoms with Crippen LogP contribution in [0.25, 0.3) is 0 Å². The topological polar surface area (TPSA) is 66.4 Å². The molecule has 0 spiro atoms. The monoisotopic (exact) mass is 626 g/mol. The van der Waals surface area contributed by atoms with E-state index in [4.69, 9.17) is 23.4 Å². The van der Waals surface area contributed by atoms with Crippen molar-refractivity contribution in [2.24, 2.45) is 0 Å². The van der Waals surface area contributed by atoms with Gasteiger partial charge >= 0.3 is 0 Å². The van der Waals surface area contributed by atoms with Crippen molar-refractivity contribution in [1.29, 1.82) is 0 Å². The van der Waals surface area contributed by atoms with Crippen LogP contribution in [-0.2, 0) is 36.6 Å². The summed E-state index contributed by atoms with van der Waals surface area (Å²) in [5.41, 5.74) is 2.06. The summed E-state index contributed by atoms with van der Waals surface area (Å²) >= 11 is 0. The van der Waals surface area contributed by atoms with Gasteiger partial charge in [-0.2, -0.15) is 0 Å². The van der Waals surface area contributed by atoms with Gasteiger partial charge in [0.25, 0.3) is 8.32 Å². The highest BCUT2D eigenvalue weighted by molar-refractivity contribution is 6.99. The minimum Gasteiger partial charge on any atom is -0.405 e. The molecular formula is C38H46O6Si. The second-order valence-electron chi connectivity index (χ2n) is 12.5. The molecule has 5 rings (SSSR count). The van der Waals surface area contributed by atoms with Crippen LogP contribution in [0.5, 0.6) is 0 Å². The highest BCUT2D eigenvalue weighted by Crippen LogP contribution is 2.38. The van der Waals surface area contributed by atoms with Crippen LogP contribution in [0.4, 0.5) is 0 Å². The third kappa shape index (κ3) is 7.81. The van der Waals surface area contributed by atoms with E-state index in [1.54, 1.807) is 0 Å². The van der Waals surface area contributed by atoms with Crippen molar-refractivity contribution in [3.8, 4) is 0 Å². The molecule has 6 nitrogen and oxygen atoms in total. The van der Waals surface area contributed by atoms with E-state index in [0.717, 1.165) is 21.5 Å². The molecule has 238 valence electrons. The summed E-state index contributed by atoms with van der Waals surface area (Å²) in [5.74, 6) is 0. The number of rotatable bonds is 14. The molecule has 0 amide bonds. The molecule has 4 aromatic rings. The number of benzene rings is 4. The molecule has 1 N–H and O–H groups in total. The molecule has 7 heteroatoms. The first-order chi connectivity index (χ1) is 21.8. The van der Waals surface area contributed by atoms with Gasteiger partial charge in [-0.1, -0.05) is 142 Å². The van der Waals surface area contributed by atoms with Gasteiger partial charge in [-0.15, -0.1) is 0 Å². The summed E-state index contributed by atoms with van der Waals surface area (Å²) in [5, 5.41) is 14.0. The van der Waals surface area contributed by atoms with Gasteiger partial charge in [0.1, 0.15) is 24.4 Å². The summed E-state index contributed by atoms with van der Waals surface area (Å²) < 4.78 is 32.5. The minimum absolute atomic E-state index is 0.0629. The summed E-state index contributed by atoms with van der Waals surface area (Å²) in [7, 11) is -2.88. The van der Waals surface area contributed by atoms with Crippen LogP contribution >= 0.6 is 0 Å². The predicted octanol–water partition coefficient (Wildman–Crippen LogP) is 5.86. The maximum atomic E-state index is 11.9. The maximum Gasteiger partial charge on any atom is 0.261 e. The van der Waals surface area contributed by atoms with E-state index < -0.39 is 39.0 Å². The van der Waals surface area contributed by atoms with Crippen molar-refractivity contribution in [2.75, 3.05) is 13.2 Å². The highest BCUT2D eigenvalue weighted by atomic mass is 28.4. The maximum absolute atomic E-state index is 11.9. The minimum atomic E-state index is -2.88. The summed E-state index contributed by atoms with van der Waals surface area (Å²) in [4.78, 5) is 0. The Balaban J connectivity index is 1.43. The fourth-order valence-electron chi connectivity index (χ4n) is 6.22. The molecule has 45 heavy (non-hydrogen) atoms. The third-order valence-corrected chi connectivity index (χ3v) is 13.4. The Kier molecular flexibility index (Phi) is 11.4. The molecule has 1 aliphatic heterocycles. The Morgan fingerprint density at radius 2 is 1.11 bits per heavy atom. The van der Waals surface area contributed by atoms with Gasteiger partial charge in [-0.25, -0.2) is 0 Å². The van der Waals surface area contributed by atoms with Crippen molar-refractivity contribution < 1.29 is 28.5 Å². The zero-order valence-electron chi connectivity index (χ0n) is 26.8. The lowest BCUT2D eigenvalue weighted by atomic mass is 10.1. The van der Waals surface area contributed by atoms with E-state index in [-0.39, 0.29) is 11.6 Å². The van der Waals surface area contributed by atoms with Crippen LogP contribution < -0.4 is 10.4 Å². The molecule has 0 aliphatic carbocycles. The number of hydrogen-bond acceptors (Lipinski definition) is 6. The lowest BCUT2D eigenvalue weighted by Gasteiger charge is -2.43. The van der Waals surface area contributed by atoms with Crippen LogP contribution in [0.3, 0.4) is 0 Å². The average molecular weight is 627 g/mol. The first kappa shape index (κ1) is 33.2. The van der Waals surface area contributed by atoms with Crippen molar-refractivity contribution in [3.05, 3.63) is 132 Å². The molecule has 0 saturated carbocycles. The van der Waals surface area contributed by atoms with E-state index in [0.29, 0.717) is 19.8 Å². The van der Waals surface area contributed by atoms with Crippen molar-refractivity contribution >= 4 is 18.7 Å². The number of aliphatic hydroxyl groups is 1. The second-order valence-corrected chi connectivity index (χ2v) is 16.8. The smallest absolute Gasteiger partial charge is 0.261 e. The molecule has 1 fully saturated rings. The van der Waals surface area contributed by atoms with Gasteiger partial charge in [0, 0.05) is 6.61 Å². The van der Waals surface area contributed by atoms with Crippen LogP contribution in [0.1, 0.15) is 38.8 Å². The van der Waals surface area contributed by atoms with Crippen LogP contribution in [0.15, 0.2) is 121 Å². The predicted molar refractivity (Wildman–Crippen MR) is 180 cm³/mol. The molecule has 4 aromatic carbocycles. The SMILES string of the molecule is CCO[C@@H]1O[C@@H]([C@@H](O)CO[Si](c2ccccc2)(c2ccccc2)C(C)(C)C)[C@H](OCc2ccccc2)[C@H]1OCc1ccccc1. The fourth-order valence-corrected chi connectivity index (χ4v) is 10.8. The normalized spacial score (nSPS) is 21.1. The molecule has 0 unspecified atom stereocenters. The Hall–Kier alpha value is -3.14. The van der Waals surface area contributed by atoms with E-state index in [1.165, 1.54) is 0 Å². The number of ether oxygens (including phenoxy) is 4. The van der Waals surface area contributed by atoms with Crippen molar-refractivity contribution in [2.45, 2.75) is 76.7 Å². The lowest BCUT2D eigenvalue weighted by Crippen LogP contribution is -2.67. The standard InChI is InChI=1S/C38H46O6Si/c1-5-40-37-36(42-27-30-20-12-7-13-21-30)35(41-26-29-18-10-6-11-19-29)34(44-37)33(39)28-43-45(38(2,3)4,31-22-14-8-15-23-31)32-24-16-9-17-25-32/h6-25,33-37,39H,5,26-28H2,1-4H3/t33-,34-,35-,36+,37+/m0/s1. The Morgan fingerprint density at radius 1 is 0.667 bits per heavy atom. The molecular weight excluding hydrogens is 580 g/mol. The van der Waals surface area contributed by atoms with Gasteiger partial charge in [0.2, 0.25) is 0 Å². The van der Waals surface area contributed by atoms with Crippen LogP contribution in [0, 0.1) is 0 Å². The largest absolute Gasteiger partial charge is 0.405 e. The molecule has 5 atom stereocenters. The number of hydrogen-bond donors (Lipinski definition) is 1. The van der Waals surface area contributed by atoms with Crippen LogP contribution in [-0.4, -0.2) is 57.3 Å². The summed E-state index contributed by atoms with van der Waals surface area (Å²) in [6.45, 7) is 9.80. The zero-order chi connectivity index (χ0) is 31.7. The quantitative estimate of drug-likeness (QED) is 0.177. The second kappa shape index (κ2) is 15.4. The Labute approximate surface area is 269 Å². The van der Waals surface area contributed by atoms with Crippen LogP contribution in [0.2, 0.25) is 5.04 Å². The number of aliphatic hydroxyl groups excluding tert-OH is 1. The van der Waals surface area contributed by atoms with E-state index >= 15 is 0 Å². The fraction of sp³-hybridized carbons (Fsp3) is 0.368. The first-order valence-electron chi connectivity index (χ1n) is 15.8. The summed E-state index contributed by atoms with van der Waals surface area (Å²) in [6.07, 6.45) is -3.58. The molecule has 1 saturated heterocycles. The van der Waals surface area contributed by atoms with Gasteiger partial charge in [0.15, 0.2) is 6.29 Å². The van der Waals surface area contributed by atoms with Gasteiger partial charge in [0.05, 0.1) is 19.8 Å². The Morgan fingerprint density at radius 3 is 1.56 bits per heavy atom. The first-order valence-corrected chi connectivity index (χ1v) is 17.8. The lowest BCUT2D eigenvalue weighted by molar-refractivity contribution is -0.188. The van der Waals surface area contributed by atoms with Gasteiger partial charge in [-0.3, -0.25) is 0 Å². The van der Waals surface area contributed by atoms with E-state index in [9.17, 15) is 5.11 Å².